The summed E-state index contributed by atoms with van der Waals surface area (Å²) in [5.74, 6) is 1.07. The zero-order chi connectivity index (χ0) is 13.8. The van der Waals surface area contributed by atoms with Gasteiger partial charge in [-0.1, -0.05) is 25.5 Å². The van der Waals surface area contributed by atoms with Crippen LogP contribution >= 0.6 is 0 Å². The van der Waals surface area contributed by atoms with Crippen LogP contribution in [0.15, 0.2) is 24.3 Å². The Morgan fingerprint density at radius 3 is 2.42 bits per heavy atom. The van der Waals surface area contributed by atoms with E-state index in [1.807, 2.05) is 18.2 Å². The summed E-state index contributed by atoms with van der Waals surface area (Å²) in [7, 11) is 2.14. The van der Waals surface area contributed by atoms with Crippen molar-refractivity contribution in [2.45, 2.75) is 52.0 Å². The number of rotatable bonds is 4. The van der Waals surface area contributed by atoms with Crippen molar-refractivity contribution >= 4 is 11.5 Å². The lowest BCUT2D eigenvalue weighted by Gasteiger charge is -2.36. The predicted octanol–water partition coefficient (Wildman–Crippen LogP) is 4.29. The van der Waals surface area contributed by atoms with Gasteiger partial charge in [-0.05, 0) is 50.7 Å². The number of carbonyl (C=O) groups excluding carboxylic acids is 1. The molecule has 2 nitrogen and oxygen atoms in total. The van der Waals surface area contributed by atoms with E-state index in [1.165, 1.54) is 32.1 Å². The zero-order valence-corrected chi connectivity index (χ0v) is 12.4. The molecular weight excluding hydrogens is 234 g/mol. The van der Waals surface area contributed by atoms with E-state index in [2.05, 4.69) is 24.9 Å². The maximum Gasteiger partial charge on any atom is 0.161 e. The minimum absolute atomic E-state index is 0.157. The van der Waals surface area contributed by atoms with E-state index < -0.39 is 0 Å². The maximum atomic E-state index is 11.7. The van der Waals surface area contributed by atoms with Crippen molar-refractivity contribution in [3.8, 4) is 0 Å². The first kappa shape index (κ1) is 14.1. The fraction of sp³-hybridized carbons (Fsp3) is 0.588. The molecule has 2 heteroatoms. The molecule has 0 N–H and O–H groups in total. The molecule has 0 aromatic heterocycles. The van der Waals surface area contributed by atoms with Gasteiger partial charge in [0.1, 0.15) is 0 Å². The van der Waals surface area contributed by atoms with Gasteiger partial charge in [0.25, 0.3) is 0 Å². The largest absolute Gasteiger partial charge is 0.371 e. The third-order valence-electron chi connectivity index (χ3n) is 4.60. The predicted molar refractivity (Wildman–Crippen MR) is 80.9 cm³/mol. The molecule has 1 aromatic rings. The van der Waals surface area contributed by atoms with Crippen LogP contribution in [0.4, 0.5) is 5.69 Å². The average Bonchev–Trinajstić information content (AvgIpc) is 2.46. The Kier molecular flexibility index (Phi) is 4.62. The van der Waals surface area contributed by atoms with Gasteiger partial charge in [-0.2, -0.15) is 0 Å². The molecule has 0 spiro atoms. The first-order valence-electron chi connectivity index (χ1n) is 7.46. The molecule has 2 rings (SSSR count). The highest BCUT2D eigenvalue weighted by Crippen LogP contribution is 2.32. The molecule has 104 valence electrons. The molecule has 1 saturated carbocycles. The Balaban J connectivity index is 2.12. The molecule has 1 fully saturated rings. The number of Topliss-reactive ketones (excluding diaryl/α,β-unsaturated/α-hetero) is 1. The monoisotopic (exact) mass is 259 g/mol. The summed E-state index contributed by atoms with van der Waals surface area (Å²) < 4.78 is 0. The first-order chi connectivity index (χ1) is 9.13. The molecule has 1 aliphatic carbocycles. The molecule has 0 aliphatic heterocycles. The maximum absolute atomic E-state index is 11.7. The van der Waals surface area contributed by atoms with Crippen molar-refractivity contribution in [2.75, 3.05) is 11.9 Å². The topological polar surface area (TPSA) is 20.3 Å². The lowest BCUT2D eigenvalue weighted by Crippen LogP contribution is -2.35. The van der Waals surface area contributed by atoms with Crippen LogP contribution in [0.5, 0.6) is 0 Å². The number of anilines is 1. The summed E-state index contributed by atoms with van der Waals surface area (Å²) in [6.45, 7) is 3.94. The van der Waals surface area contributed by atoms with Crippen molar-refractivity contribution in [2.24, 2.45) is 5.92 Å². The average molecular weight is 259 g/mol. The molecule has 0 atom stereocenters. The second-order valence-electron chi connectivity index (χ2n) is 5.77. The van der Waals surface area contributed by atoms with Crippen LogP contribution in [-0.4, -0.2) is 18.9 Å². The van der Waals surface area contributed by atoms with Crippen molar-refractivity contribution in [3.63, 3.8) is 0 Å². The summed E-state index contributed by atoms with van der Waals surface area (Å²) in [6, 6.07) is 8.57. The van der Waals surface area contributed by atoms with Crippen molar-refractivity contribution < 1.29 is 4.79 Å². The second kappa shape index (κ2) is 6.23. The number of carbonyl (C=O) groups is 1. The van der Waals surface area contributed by atoms with Crippen LogP contribution in [0.2, 0.25) is 0 Å². The van der Waals surface area contributed by atoms with Crippen LogP contribution < -0.4 is 4.90 Å². The normalized spacial score (nSPS) is 23.1. The van der Waals surface area contributed by atoms with Crippen molar-refractivity contribution in [1.82, 2.24) is 0 Å². The number of para-hydroxylation sites is 1. The first-order valence-corrected chi connectivity index (χ1v) is 7.46. The fourth-order valence-corrected chi connectivity index (χ4v) is 3.22. The number of benzene rings is 1. The van der Waals surface area contributed by atoms with E-state index in [1.54, 1.807) is 6.92 Å². The number of hydrogen-bond donors (Lipinski definition) is 0. The molecule has 19 heavy (non-hydrogen) atoms. The molecule has 0 heterocycles. The third-order valence-corrected chi connectivity index (χ3v) is 4.60. The fourth-order valence-electron chi connectivity index (χ4n) is 3.22. The highest BCUT2D eigenvalue weighted by molar-refractivity contribution is 5.99. The van der Waals surface area contributed by atoms with E-state index in [4.69, 9.17) is 0 Å². The van der Waals surface area contributed by atoms with Gasteiger partial charge in [0.15, 0.2) is 5.78 Å². The molecule has 0 amide bonds. The minimum atomic E-state index is 0.157. The van der Waals surface area contributed by atoms with Crippen LogP contribution in [0.25, 0.3) is 0 Å². The van der Waals surface area contributed by atoms with Crippen LogP contribution in [0.3, 0.4) is 0 Å². The molecule has 0 unspecified atom stereocenters. The van der Waals surface area contributed by atoms with Gasteiger partial charge >= 0.3 is 0 Å². The molecule has 0 saturated heterocycles. The zero-order valence-electron chi connectivity index (χ0n) is 12.4. The van der Waals surface area contributed by atoms with E-state index in [9.17, 15) is 4.79 Å². The Morgan fingerprint density at radius 2 is 1.84 bits per heavy atom. The Morgan fingerprint density at radius 1 is 1.21 bits per heavy atom. The summed E-state index contributed by atoms with van der Waals surface area (Å²) in [4.78, 5) is 14.0. The number of ketones is 1. The van der Waals surface area contributed by atoms with E-state index >= 15 is 0 Å². The van der Waals surface area contributed by atoms with Gasteiger partial charge < -0.3 is 4.90 Å². The molecule has 1 aliphatic rings. The molecule has 0 radical (unpaired) electrons. The van der Waals surface area contributed by atoms with E-state index in [-0.39, 0.29) is 5.78 Å². The quantitative estimate of drug-likeness (QED) is 0.752. The third kappa shape index (κ3) is 3.17. The summed E-state index contributed by atoms with van der Waals surface area (Å²) in [5, 5.41) is 0. The van der Waals surface area contributed by atoms with Crippen LogP contribution in [0.1, 0.15) is 56.3 Å². The Labute approximate surface area is 116 Å². The van der Waals surface area contributed by atoms with E-state index in [0.717, 1.165) is 17.2 Å². The lowest BCUT2D eigenvalue weighted by atomic mass is 9.84. The smallest absolute Gasteiger partial charge is 0.161 e. The van der Waals surface area contributed by atoms with Crippen LogP contribution in [-0.2, 0) is 0 Å². The summed E-state index contributed by atoms with van der Waals surface area (Å²) in [5.41, 5.74) is 1.94. The van der Waals surface area contributed by atoms with Gasteiger partial charge in [0.05, 0.1) is 0 Å². The molecule has 0 bridgehead atoms. The van der Waals surface area contributed by atoms with Gasteiger partial charge in [-0.15, -0.1) is 0 Å². The molecular formula is C17H25NO. The van der Waals surface area contributed by atoms with Crippen LogP contribution in [0, 0.1) is 5.92 Å². The summed E-state index contributed by atoms with van der Waals surface area (Å²) >= 11 is 0. The van der Waals surface area contributed by atoms with E-state index in [0.29, 0.717) is 6.04 Å². The van der Waals surface area contributed by atoms with Crippen molar-refractivity contribution in [1.29, 1.82) is 0 Å². The SMILES string of the molecule is CCC1CCC(N(C)c2ccccc2C(C)=O)CC1. The highest BCUT2D eigenvalue weighted by atomic mass is 16.1. The Bertz CT molecular complexity index is 433. The number of hydrogen-bond acceptors (Lipinski definition) is 2. The highest BCUT2D eigenvalue weighted by Gasteiger charge is 2.24. The van der Waals surface area contributed by atoms with Gasteiger partial charge in [0.2, 0.25) is 0 Å². The minimum Gasteiger partial charge on any atom is -0.371 e. The van der Waals surface area contributed by atoms with Gasteiger partial charge in [-0.3, -0.25) is 4.79 Å². The molecule has 1 aromatic carbocycles. The lowest BCUT2D eigenvalue weighted by molar-refractivity contribution is 0.101. The number of nitrogens with zero attached hydrogens (tertiary/aromatic N) is 1. The summed E-state index contributed by atoms with van der Waals surface area (Å²) in [6.07, 6.45) is 6.46. The Hall–Kier alpha value is -1.31. The van der Waals surface area contributed by atoms with Gasteiger partial charge in [0, 0.05) is 24.3 Å². The van der Waals surface area contributed by atoms with Gasteiger partial charge in [-0.25, -0.2) is 0 Å². The standard InChI is InChI=1S/C17H25NO/c1-4-14-9-11-15(12-10-14)18(3)17-8-6-5-7-16(17)13(2)19/h5-8,14-15H,4,9-12H2,1-3H3. The second-order valence-corrected chi connectivity index (χ2v) is 5.77. The van der Waals surface area contributed by atoms with Crippen molar-refractivity contribution in [3.05, 3.63) is 29.8 Å².